The molecule has 3 heterocycles. The Morgan fingerprint density at radius 1 is 1.16 bits per heavy atom. The Labute approximate surface area is 184 Å². The minimum absolute atomic E-state index is 0.149. The van der Waals surface area contributed by atoms with Crippen LogP contribution in [0.2, 0.25) is 0 Å². The third kappa shape index (κ3) is 4.56. The minimum atomic E-state index is -4.51. The van der Waals surface area contributed by atoms with Gasteiger partial charge in [0.15, 0.2) is 0 Å². The number of benzene rings is 1. The van der Waals surface area contributed by atoms with Crippen LogP contribution in [0.1, 0.15) is 28.8 Å². The molecule has 1 aliphatic rings. The molecule has 0 unspecified atom stereocenters. The van der Waals surface area contributed by atoms with Gasteiger partial charge >= 0.3 is 6.18 Å². The molecule has 1 aromatic carbocycles. The van der Waals surface area contributed by atoms with Gasteiger partial charge in [-0.05, 0) is 35.7 Å². The summed E-state index contributed by atoms with van der Waals surface area (Å²) in [6.07, 6.45) is -3.56. The molecule has 164 valence electrons. The fourth-order valence-electron chi connectivity index (χ4n) is 3.58. The van der Waals surface area contributed by atoms with Crippen molar-refractivity contribution in [3.63, 3.8) is 0 Å². The highest BCUT2D eigenvalue weighted by atomic mass is 32.1. The van der Waals surface area contributed by atoms with Crippen molar-refractivity contribution in [2.45, 2.75) is 31.5 Å². The second kappa shape index (κ2) is 8.07. The van der Waals surface area contributed by atoms with E-state index >= 15 is 0 Å². The summed E-state index contributed by atoms with van der Waals surface area (Å²) in [5.41, 5.74) is 6.15. The van der Waals surface area contributed by atoms with Crippen LogP contribution in [0.15, 0.2) is 36.5 Å². The largest absolute Gasteiger partial charge is 0.417 e. The van der Waals surface area contributed by atoms with Crippen LogP contribution in [0.5, 0.6) is 0 Å². The number of thiophene rings is 1. The first kappa shape index (κ1) is 22.0. The Kier molecular flexibility index (Phi) is 5.74. The number of hydrogen-bond donors (Lipinski definition) is 1. The Morgan fingerprint density at radius 3 is 2.45 bits per heavy atom. The summed E-state index contributed by atoms with van der Waals surface area (Å²) in [7, 11) is 0. The van der Waals surface area contributed by atoms with Crippen LogP contribution in [0.25, 0.3) is 21.3 Å². The molecule has 1 aliphatic heterocycles. The molecule has 0 saturated carbocycles. The van der Waals surface area contributed by atoms with Gasteiger partial charge in [0.05, 0.1) is 11.3 Å². The van der Waals surface area contributed by atoms with E-state index in [9.17, 15) is 22.0 Å². The van der Waals surface area contributed by atoms with Crippen molar-refractivity contribution in [2.24, 2.45) is 5.73 Å². The number of halogens is 5. The van der Waals surface area contributed by atoms with E-state index in [4.69, 9.17) is 18.0 Å². The van der Waals surface area contributed by atoms with Crippen LogP contribution in [-0.2, 0) is 12.7 Å². The molecule has 1 fully saturated rings. The molecule has 31 heavy (non-hydrogen) atoms. The number of nitrogens with zero attached hydrogens (tertiary/aromatic N) is 2. The predicted octanol–water partition coefficient (Wildman–Crippen LogP) is 5.85. The number of thiocarbonyl (C=S) groups is 1. The molecule has 0 atom stereocenters. The van der Waals surface area contributed by atoms with Crippen LogP contribution >= 0.6 is 23.6 Å². The first-order valence-corrected chi connectivity index (χ1v) is 10.8. The lowest BCUT2D eigenvalue weighted by molar-refractivity contribution is -0.136. The summed E-state index contributed by atoms with van der Waals surface area (Å²) in [5, 5.41) is 0.464. The molecule has 0 spiro atoms. The first-order valence-electron chi connectivity index (χ1n) is 9.55. The lowest BCUT2D eigenvalue weighted by Gasteiger charge is -2.33. The number of nitrogens with two attached hydrogens (primary N) is 1. The highest BCUT2D eigenvalue weighted by Gasteiger charge is 2.35. The molecule has 0 radical (unpaired) electrons. The van der Waals surface area contributed by atoms with Crippen LogP contribution in [0.4, 0.5) is 22.0 Å². The van der Waals surface area contributed by atoms with E-state index in [2.05, 4.69) is 4.98 Å². The fourth-order valence-corrected chi connectivity index (χ4v) is 4.93. The molecule has 3 nitrogen and oxygen atoms in total. The van der Waals surface area contributed by atoms with Gasteiger partial charge in [-0.25, -0.2) is 8.78 Å². The van der Waals surface area contributed by atoms with Crippen molar-refractivity contribution in [1.82, 2.24) is 9.88 Å². The summed E-state index contributed by atoms with van der Waals surface area (Å²) >= 11 is 6.44. The number of pyridine rings is 1. The van der Waals surface area contributed by atoms with E-state index in [1.807, 2.05) is 0 Å². The van der Waals surface area contributed by atoms with Crippen LogP contribution in [-0.4, -0.2) is 33.9 Å². The van der Waals surface area contributed by atoms with E-state index in [-0.39, 0.29) is 37.2 Å². The van der Waals surface area contributed by atoms with Crippen LogP contribution in [0.3, 0.4) is 0 Å². The molecular formula is C21H18F5N3S2. The normalized spacial score (nSPS) is 16.6. The first-order chi connectivity index (χ1) is 14.6. The molecule has 0 aliphatic carbocycles. The van der Waals surface area contributed by atoms with Gasteiger partial charge in [0.2, 0.25) is 0 Å². The summed E-state index contributed by atoms with van der Waals surface area (Å²) in [6.45, 7) is 0.473. The summed E-state index contributed by atoms with van der Waals surface area (Å²) < 4.78 is 67.8. The van der Waals surface area contributed by atoms with Crippen molar-refractivity contribution in [1.29, 1.82) is 0 Å². The zero-order chi connectivity index (χ0) is 22.4. The number of aromatic nitrogens is 1. The second-order valence-corrected chi connectivity index (χ2v) is 8.96. The Morgan fingerprint density at radius 2 is 1.87 bits per heavy atom. The van der Waals surface area contributed by atoms with E-state index in [1.54, 1.807) is 29.2 Å². The number of fused-ring (bicyclic) bond motifs is 1. The maximum absolute atomic E-state index is 13.6. The highest BCUT2D eigenvalue weighted by molar-refractivity contribution is 7.80. The van der Waals surface area contributed by atoms with Crippen molar-refractivity contribution in [3.05, 3.63) is 52.5 Å². The quantitative estimate of drug-likeness (QED) is 0.385. The molecule has 4 rings (SSSR count). The van der Waals surface area contributed by atoms with Crippen molar-refractivity contribution >= 4 is 38.6 Å². The van der Waals surface area contributed by atoms with Crippen molar-refractivity contribution in [2.75, 3.05) is 13.1 Å². The lowest BCUT2D eigenvalue weighted by atomic mass is 10.0. The smallest absolute Gasteiger partial charge is 0.362 e. The number of piperidine rings is 1. The number of hydrogen-bond acceptors (Lipinski definition) is 4. The molecule has 0 amide bonds. The molecule has 2 N–H and O–H groups in total. The van der Waals surface area contributed by atoms with Gasteiger partial charge in [0, 0.05) is 59.4 Å². The van der Waals surface area contributed by atoms with Crippen LogP contribution in [0, 0.1) is 0 Å². The zero-order valence-corrected chi connectivity index (χ0v) is 17.8. The molecule has 0 bridgehead atoms. The van der Waals surface area contributed by atoms with Gasteiger partial charge in [0.25, 0.3) is 5.92 Å². The third-order valence-corrected chi connectivity index (χ3v) is 6.96. The average Bonchev–Trinajstić information content (AvgIpc) is 3.15. The predicted molar refractivity (Wildman–Crippen MR) is 115 cm³/mol. The van der Waals surface area contributed by atoms with E-state index in [1.165, 1.54) is 6.20 Å². The van der Waals surface area contributed by atoms with Gasteiger partial charge in [-0.2, -0.15) is 13.2 Å². The summed E-state index contributed by atoms with van der Waals surface area (Å²) in [6, 6.07) is 7.67. The van der Waals surface area contributed by atoms with Gasteiger partial charge < -0.3 is 10.6 Å². The van der Waals surface area contributed by atoms with Gasteiger partial charge in [-0.1, -0.05) is 12.2 Å². The van der Waals surface area contributed by atoms with Gasteiger partial charge in [0.1, 0.15) is 4.99 Å². The van der Waals surface area contributed by atoms with Crippen LogP contribution < -0.4 is 5.73 Å². The Bertz CT molecular complexity index is 1110. The average molecular weight is 472 g/mol. The molecular weight excluding hydrogens is 453 g/mol. The molecule has 10 heteroatoms. The number of likely N-dealkylation sites (tertiary alicyclic amines) is 1. The van der Waals surface area contributed by atoms with E-state index < -0.39 is 17.7 Å². The number of rotatable bonds is 3. The van der Waals surface area contributed by atoms with Crippen molar-refractivity contribution < 1.29 is 22.0 Å². The topological polar surface area (TPSA) is 42.1 Å². The zero-order valence-electron chi connectivity index (χ0n) is 16.2. The standard InChI is InChI=1S/C21H18F5N3S2/c22-20(23)3-5-29(6-4-20)19(30)12-1-2-17(28-11-12)13-7-14-8-15(10-27)31-18(14)16(9-13)21(24,25)26/h1-2,7-9,11H,3-6,10,27H2. The minimum Gasteiger partial charge on any atom is -0.362 e. The third-order valence-electron chi connectivity index (χ3n) is 5.26. The maximum Gasteiger partial charge on any atom is 0.417 e. The second-order valence-electron chi connectivity index (χ2n) is 7.44. The van der Waals surface area contributed by atoms with E-state index in [0.717, 1.165) is 17.4 Å². The SMILES string of the molecule is NCc1cc2cc(-c3ccc(C(=S)N4CCC(F)(F)CC4)cn3)cc(C(F)(F)F)c2s1. The molecule has 1 saturated heterocycles. The summed E-state index contributed by atoms with van der Waals surface area (Å²) in [4.78, 5) is 7.08. The summed E-state index contributed by atoms with van der Waals surface area (Å²) in [5.74, 6) is -2.67. The molecule has 3 aromatic rings. The molecule has 2 aromatic heterocycles. The van der Waals surface area contributed by atoms with Gasteiger partial charge in [-0.3, -0.25) is 4.98 Å². The lowest BCUT2D eigenvalue weighted by Crippen LogP contribution is -2.42. The monoisotopic (exact) mass is 471 g/mol. The maximum atomic E-state index is 13.6. The fraction of sp³-hybridized carbons (Fsp3) is 0.333. The van der Waals surface area contributed by atoms with Crippen molar-refractivity contribution in [3.8, 4) is 11.3 Å². The Balaban J connectivity index is 1.64. The van der Waals surface area contributed by atoms with E-state index in [0.29, 0.717) is 32.1 Å². The van der Waals surface area contributed by atoms with Gasteiger partial charge in [-0.15, -0.1) is 11.3 Å². The Hall–Kier alpha value is -2.17. The highest BCUT2D eigenvalue weighted by Crippen LogP contribution is 2.41. The number of alkyl halides is 5.